The number of halogens is 1. The van der Waals surface area contributed by atoms with Crippen LogP contribution in [0.15, 0.2) is 30.3 Å². The van der Waals surface area contributed by atoms with E-state index in [1.807, 2.05) is 0 Å². The van der Waals surface area contributed by atoms with E-state index in [0.717, 1.165) is 32.1 Å². The third kappa shape index (κ3) is 3.68. The zero-order chi connectivity index (χ0) is 22.2. The highest BCUT2D eigenvalue weighted by Gasteiger charge is 2.50. The summed E-state index contributed by atoms with van der Waals surface area (Å²) in [5.74, 6) is -2.30. The fraction of sp³-hybridized carbons (Fsp3) is 0.455. The van der Waals surface area contributed by atoms with E-state index in [2.05, 4.69) is 10.4 Å². The Morgan fingerprint density at radius 3 is 2.61 bits per heavy atom. The van der Waals surface area contributed by atoms with E-state index >= 15 is 0 Å². The first-order chi connectivity index (χ1) is 14.8. The fourth-order valence-corrected chi connectivity index (χ4v) is 4.38. The van der Waals surface area contributed by atoms with Crippen LogP contribution in [-0.2, 0) is 16.1 Å². The van der Waals surface area contributed by atoms with Gasteiger partial charge in [0.1, 0.15) is 17.1 Å². The number of aromatic nitrogens is 2. The van der Waals surface area contributed by atoms with E-state index in [4.69, 9.17) is 4.74 Å². The van der Waals surface area contributed by atoms with Crippen LogP contribution < -0.4 is 10.2 Å². The number of nitrogens with zero attached hydrogens (tertiary/aromatic N) is 3. The van der Waals surface area contributed by atoms with Crippen molar-refractivity contribution in [2.75, 3.05) is 12.0 Å². The summed E-state index contributed by atoms with van der Waals surface area (Å²) in [4.78, 5) is 40.1. The SMILES string of the molecule is COC(=O)c1cc2n(n1)C[C@@](C)(C(=O)NC1CCCCC1)N(c1ccccc1F)C2=O. The normalized spacial score (nSPS) is 21.5. The highest BCUT2D eigenvalue weighted by atomic mass is 19.1. The molecule has 31 heavy (non-hydrogen) atoms. The van der Waals surface area contributed by atoms with Gasteiger partial charge in [0.15, 0.2) is 5.69 Å². The Kier molecular flexibility index (Phi) is 5.51. The summed E-state index contributed by atoms with van der Waals surface area (Å²) >= 11 is 0. The van der Waals surface area contributed by atoms with Crippen LogP contribution in [0.4, 0.5) is 10.1 Å². The van der Waals surface area contributed by atoms with Gasteiger partial charge in [0.05, 0.1) is 19.3 Å². The molecule has 2 amide bonds. The molecule has 164 valence electrons. The molecule has 1 saturated carbocycles. The average molecular weight is 428 g/mol. The quantitative estimate of drug-likeness (QED) is 0.756. The maximum atomic E-state index is 14.8. The molecule has 2 heterocycles. The Bertz CT molecular complexity index is 1030. The number of amides is 2. The molecule has 1 atom stereocenters. The topological polar surface area (TPSA) is 93.5 Å². The molecule has 2 aliphatic rings. The molecule has 1 aromatic heterocycles. The molecule has 1 aliphatic heterocycles. The van der Waals surface area contributed by atoms with Crippen molar-refractivity contribution < 1.29 is 23.5 Å². The second-order valence-electron chi connectivity index (χ2n) is 8.24. The summed E-state index contributed by atoms with van der Waals surface area (Å²) in [5, 5.41) is 7.22. The highest BCUT2D eigenvalue weighted by Crippen LogP contribution is 2.34. The number of hydrogen-bond acceptors (Lipinski definition) is 5. The molecule has 8 nitrogen and oxygen atoms in total. The number of carbonyl (C=O) groups excluding carboxylic acids is 3. The average Bonchev–Trinajstić information content (AvgIpc) is 3.19. The maximum Gasteiger partial charge on any atom is 0.358 e. The number of ether oxygens (including phenoxy) is 1. The van der Waals surface area contributed by atoms with Gasteiger partial charge in [-0.1, -0.05) is 31.4 Å². The van der Waals surface area contributed by atoms with E-state index in [1.54, 1.807) is 13.0 Å². The Balaban J connectivity index is 1.77. The van der Waals surface area contributed by atoms with E-state index in [0.29, 0.717) is 0 Å². The number of rotatable bonds is 4. The fourth-order valence-electron chi connectivity index (χ4n) is 4.38. The van der Waals surface area contributed by atoms with Crippen molar-refractivity contribution in [3.8, 4) is 0 Å². The van der Waals surface area contributed by atoms with Crippen molar-refractivity contribution >= 4 is 23.5 Å². The van der Waals surface area contributed by atoms with Crippen LogP contribution in [-0.4, -0.2) is 46.3 Å². The minimum atomic E-state index is -1.44. The summed E-state index contributed by atoms with van der Waals surface area (Å²) in [5.41, 5.74) is -1.40. The van der Waals surface area contributed by atoms with Gasteiger partial charge in [-0.05, 0) is 31.9 Å². The minimum absolute atomic E-state index is 0.000798. The molecule has 9 heteroatoms. The molecule has 1 aliphatic carbocycles. The first-order valence-corrected chi connectivity index (χ1v) is 10.4. The number of methoxy groups -OCH3 is 1. The molecule has 0 radical (unpaired) electrons. The van der Waals surface area contributed by atoms with Crippen LogP contribution in [0.1, 0.15) is 60.0 Å². The van der Waals surface area contributed by atoms with E-state index < -0.39 is 23.2 Å². The number of fused-ring (bicyclic) bond motifs is 1. The summed E-state index contributed by atoms with van der Waals surface area (Å²) in [6, 6.07) is 7.16. The summed E-state index contributed by atoms with van der Waals surface area (Å²) in [6.45, 7) is 1.57. The molecule has 0 saturated heterocycles. The van der Waals surface area contributed by atoms with Gasteiger partial charge < -0.3 is 10.1 Å². The molecule has 0 bridgehead atoms. The Hall–Kier alpha value is -3.23. The predicted octanol–water partition coefficient (Wildman–Crippen LogP) is 2.68. The van der Waals surface area contributed by atoms with Crippen molar-refractivity contribution in [1.82, 2.24) is 15.1 Å². The van der Waals surface area contributed by atoms with E-state index in [9.17, 15) is 18.8 Å². The monoisotopic (exact) mass is 428 g/mol. The number of hydrogen-bond donors (Lipinski definition) is 1. The smallest absolute Gasteiger partial charge is 0.358 e. The Morgan fingerprint density at radius 2 is 1.94 bits per heavy atom. The third-order valence-corrected chi connectivity index (χ3v) is 6.07. The Morgan fingerprint density at radius 1 is 1.23 bits per heavy atom. The lowest BCUT2D eigenvalue weighted by molar-refractivity contribution is -0.127. The van der Waals surface area contributed by atoms with Crippen LogP contribution in [0, 0.1) is 5.82 Å². The van der Waals surface area contributed by atoms with E-state index in [-0.39, 0.29) is 35.6 Å². The number of carbonyl (C=O) groups is 3. The molecule has 0 unspecified atom stereocenters. The van der Waals surface area contributed by atoms with Gasteiger partial charge in [0, 0.05) is 12.1 Å². The minimum Gasteiger partial charge on any atom is -0.464 e. The van der Waals surface area contributed by atoms with Crippen LogP contribution in [0.3, 0.4) is 0 Å². The maximum absolute atomic E-state index is 14.8. The molecule has 1 N–H and O–H groups in total. The van der Waals surface area contributed by atoms with Crippen molar-refractivity contribution in [2.24, 2.45) is 0 Å². The van der Waals surface area contributed by atoms with Gasteiger partial charge in [-0.3, -0.25) is 19.2 Å². The number of esters is 1. The molecule has 1 aromatic carbocycles. The lowest BCUT2D eigenvalue weighted by Gasteiger charge is -2.44. The summed E-state index contributed by atoms with van der Waals surface area (Å²) in [7, 11) is 1.22. The van der Waals surface area contributed by atoms with Crippen molar-refractivity contribution in [1.29, 1.82) is 0 Å². The van der Waals surface area contributed by atoms with E-state index in [1.165, 1.54) is 41.0 Å². The molecule has 4 rings (SSSR count). The van der Waals surface area contributed by atoms with Crippen molar-refractivity contribution in [2.45, 2.75) is 57.2 Å². The van der Waals surface area contributed by atoms with Gasteiger partial charge in [0.2, 0.25) is 5.91 Å². The predicted molar refractivity (Wildman–Crippen MR) is 110 cm³/mol. The second-order valence-corrected chi connectivity index (χ2v) is 8.24. The lowest BCUT2D eigenvalue weighted by Crippen LogP contribution is -2.65. The van der Waals surface area contributed by atoms with Gasteiger partial charge in [0.25, 0.3) is 5.91 Å². The number of nitrogens with one attached hydrogen (secondary N) is 1. The summed E-state index contributed by atoms with van der Waals surface area (Å²) in [6.07, 6.45) is 4.94. The second kappa shape index (κ2) is 8.13. The first-order valence-electron chi connectivity index (χ1n) is 10.4. The van der Waals surface area contributed by atoms with Crippen LogP contribution >= 0.6 is 0 Å². The summed E-state index contributed by atoms with van der Waals surface area (Å²) < 4.78 is 20.8. The highest BCUT2D eigenvalue weighted by molar-refractivity contribution is 6.12. The molecular formula is C22H25FN4O4. The number of benzene rings is 1. The van der Waals surface area contributed by atoms with Gasteiger partial charge in [-0.15, -0.1) is 0 Å². The van der Waals surface area contributed by atoms with Crippen molar-refractivity contribution in [3.05, 3.63) is 47.5 Å². The largest absolute Gasteiger partial charge is 0.464 e. The van der Waals surface area contributed by atoms with Crippen LogP contribution in [0.5, 0.6) is 0 Å². The third-order valence-electron chi connectivity index (χ3n) is 6.07. The molecular weight excluding hydrogens is 403 g/mol. The van der Waals surface area contributed by atoms with Crippen LogP contribution in [0.25, 0.3) is 0 Å². The Labute approximate surface area is 179 Å². The van der Waals surface area contributed by atoms with Gasteiger partial charge >= 0.3 is 5.97 Å². The van der Waals surface area contributed by atoms with Gasteiger partial charge in [-0.2, -0.15) is 5.10 Å². The number of para-hydroxylation sites is 1. The zero-order valence-corrected chi connectivity index (χ0v) is 17.6. The number of anilines is 1. The van der Waals surface area contributed by atoms with Gasteiger partial charge in [-0.25, -0.2) is 9.18 Å². The molecule has 1 fully saturated rings. The van der Waals surface area contributed by atoms with Crippen molar-refractivity contribution in [3.63, 3.8) is 0 Å². The first kappa shape index (κ1) is 21.0. The lowest BCUT2D eigenvalue weighted by atomic mass is 9.91. The molecule has 0 spiro atoms. The standard InChI is InChI=1S/C22H25FN4O4/c1-22(21(30)24-14-8-4-3-5-9-14)13-26-18(12-16(25-26)20(29)31-2)19(28)27(22)17-11-7-6-10-15(17)23/h6-7,10-12,14H,3-5,8-9,13H2,1-2H3,(H,24,30)/t22-/m0/s1. The van der Waals surface area contributed by atoms with Crippen LogP contribution in [0.2, 0.25) is 0 Å². The zero-order valence-electron chi connectivity index (χ0n) is 17.6. The molecule has 2 aromatic rings.